The Bertz CT molecular complexity index is 384. The molecule has 17 heavy (non-hydrogen) atoms. The van der Waals surface area contributed by atoms with Crippen LogP contribution in [0.4, 0.5) is 0 Å². The van der Waals surface area contributed by atoms with Gasteiger partial charge < -0.3 is 9.64 Å². The summed E-state index contributed by atoms with van der Waals surface area (Å²) in [4.78, 5) is 14.3. The maximum absolute atomic E-state index is 12.3. The molecule has 1 fully saturated rings. The van der Waals surface area contributed by atoms with Crippen molar-refractivity contribution in [3.63, 3.8) is 0 Å². The zero-order valence-electron chi connectivity index (χ0n) is 10.3. The quantitative estimate of drug-likeness (QED) is 0.803. The van der Waals surface area contributed by atoms with E-state index in [1.807, 2.05) is 36.1 Å². The third-order valence-electron chi connectivity index (χ3n) is 3.06. The lowest BCUT2D eigenvalue weighted by atomic mass is 10.1. The van der Waals surface area contributed by atoms with Gasteiger partial charge in [-0.05, 0) is 38.3 Å². The molecular formula is C14H19NO2. The van der Waals surface area contributed by atoms with Crippen LogP contribution in [0, 0.1) is 0 Å². The summed E-state index contributed by atoms with van der Waals surface area (Å²) in [6.45, 7) is 4.27. The number of amides is 1. The van der Waals surface area contributed by atoms with Crippen LogP contribution in [0.25, 0.3) is 0 Å². The second-order valence-corrected chi connectivity index (χ2v) is 4.28. The molecule has 1 aromatic carbocycles. The van der Waals surface area contributed by atoms with Crippen molar-refractivity contribution in [2.45, 2.75) is 26.2 Å². The molecule has 1 aliphatic heterocycles. The molecule has 1 heterocycles. The molecule has 1 amide bonds. The van der Waals surface area contributed by atoms with Gasteiger partial charge in [0.25, 0.3) is 5.91 Å². The minimum absolute atomic E-state index is 0.105. The average molecular weight is 233 g/mol. The van der Waals surface area contributed by atoms with Crippen molar-refractivity contribution < 1.29 is 9.53 Å². The van der Waals surface area contributed by atoms with E-state index in [1.54, 1.807) is 0 Å². The van der Waals surface area contributed by atoms with E-state index < -0.39 is 0 Å². The van der Waals surface area contributed by atoms with Crippen LogP contribution in [0.15, 0.2) is 24.3 Å². The van der Waals surface area contributed by atoms with E-state index in [9.17, 15) is 4.79 Å². The minimum atomic E-state index is 0.105. The standard InChI is InChI=1S/C14H19NO2/c1-2-17-13-9-5-4-8-12(13)14(16)15-10-6-3-7-11-15/h4-5,8-9H,2-3,6-7,10-11H2,1H3. The molecule has 0 saturated carbocycles. The fraction of sp³-hybridized carbons (Fsp3) is 0.500. The molecule has 0 atom stereocenters. The molecule has 0 N–H and O–H groups in total. The highest BCUT2D eigenvalue weighted by molar-refractivity contribution is 5.97. The molecule has 0 bridgehead atoms. The van der Waals surface area contributed by atoms with E-state index in [1.165, 1.54) is 6.42 Å². The van der Waals surface area contributed by atoms with Crippen molar-refractivity contribution in [2.24, 2.45) is 0 Å². The average Bonchev–Trinajstić information content (AvgIpc) is 2.40. The van der Waals surface area contributed by atoms with Crippen LogP contribution in [0.2, 0.25) is 0 Å². The first-order valence-electron chi connectivity index (χ1n) is 6.34. The van der Waals surface area contributed by atoms with Crippen molar-refractivity contribution >= 4 is 5.91 Å². The highest BCUT2D eigenvalue weighted by Gasteiger charge is 2.20. The number of carbonyl (C=O) groups is 1. The lowest BCUT2D eigenvalue weighted by molar-refractivity contribution is 0.0720. The molecule has 3 heteroatoms. The van der Waals surface area contributed by atoms with E-state index >= 15 is 0 Å². The number of hydrogen-bond acceptors (Lipinski definition) is 2. The Hall–Kier alpha value is -1.51. The Morgan fingerprint density at radius 1 is 1.24 bits per heavy atom. The zero-order chi connectivity index (χ0) is 12.1. The first kappa shape index (κ1) is 12.0. The monoisotopic (exact) mass is 233 g/mol. The summed E-state index contributed by atoms with van der Waals surface area (Å²) in [5.41, 5.74) is 0.691. The number of nitrogens with zero attached hydrogens (tertiary/aromatic N) is 1. The highest BCUT2D eigenvalue weighted by Crippen LogP contribution is 2.21. The maximum Gasteiger partial charge on any atom is 0.257 e. The van der Waals surface area contributed by atoms with Crippen LogP contribution in [-0.4, -0.2) is 30.5 Å². The second-order valence-electron chi connectivity index (χ2n) is 4.28. The number of hydrogen-bond donors (Lipinski definition) is 0. The topological polar surface area (TPSA) is 29.5 Å². The fourth-order valence-electron chi connectivity index (χ4n) is 2.19. The Morgan fingerprint density at radius 3 is 2.65 bits per heavy atom. The summed E-state index contributed by atoms with van der Waals surface area (Å²) in [7, 11) is 0. The summed E-state index contributed by atoms with van der Waals surface area (Å²) >= 11 is 0. The molecule has 0 spiro atoms. The van der Waals surface area contributed by atoms with Crippen molar-refractivity contribution in [1.29, 1.82) is 0 Å². The van der Waals surface area contributed by atoms with Crippen LogP contribution in [0.5, 0.6) is 5.75 Å². The van der Waals surface area contributed by atoms with Gasteiger partial charge in [-0.1, -0.05) is 12.1 Å². The van der Waals surface area contributed by atoms with Gasteiger partial charge >= 0.3 is 0 Å². The molecule has 0 radical (unpaired) electrons. The number of benzene rings is 1. The molecular weight excluding hydrogens is 214 g/mol. The van der Waals surface area contributed by atoms with Crippen LogP contribution in [-0.2, 0) is 0 Å². The maximum atomic E-state index is 12.3. The molecule has 2 rings (SSSR count). The second kappa shape index (κ2) is 5.71. The summed E-state index contributed by atoms with van der Waals surface area (Å²) < 4.78 is 5.50. The minimum Gasteiger partial charge on any atom is -0.493 e. The molecule has 0 aromatic heterocycles. The van der Waals surface area contributed by atoms with E-state index in [2.05, 4.69) is 0 Å². The first-order valence-corrected chi connectivity index (χ1v) is 6.34. The van der Waals surface area contributed by atoms with Crippen LogP contribution >= 0.6 is 0 Å². The number of carbonyl (C=O) groups excluding carboxylic acids is 1. The predicted molar refractivity (Wildman–Crippen MR) is 67.4 cm³/mol. The number of rotatable bonds is 3. The Kier molecular flexibility index (Phi) is 4.02. The van der Waals surface area contributed by atoms with Gasteiger partial charge in [-0.2, -0.15) is 0 Å². The number of ether oxygens (including phenoxy) is 1. The van der Waals surface area contributed by atoms with Crippen molar-refractivity contribution in [3.05, 3.63) is 29.8 Å². The smallest absolute Gasteiger partial charge is 0.257 e. The molecule has 0 unspecified atom stereocenters. The third-order valence-corrected chi connectivity index (χ3v) is 3.06. The van der Waals surface area contributed by atoms with Crippen molar-refractivity contribution in [2.75, 3.05) is 19.7 Å². The normalized spacial score (nSPS) is 15.7. The number of likely N-dealkylation sites (tertiary alicyclic amines) is 1. The summed E-state index contributed by atoms with van der Waals surface area (Å²) in [5, 5.41) is 0. The summed E-state index contributed by atoms with van der Waals surface area (Å²) in [5.74, 6) is 0.805. The number of para-hydroxylation sites is 1. The van der Waals surface area contributed by atoms with Crippen molar-refractivity contribution in [1.82, 2.24) is 4.90 Å². The SMILES string of the molecule is CCOc1ccccc1C(=O)N1CCCCC1. The van der Waals surface area contributed by atoms with Gasteiger partial charge in [-0.3, -0.25) is 4.79 Å². The Labute approximate surface area is 102 Å². The van der Waals surface area contributed by atoms with Crippen LogP contribution in [0.1, 0.15) is 36.5 Å². The summed E-state index contributed by atoms with van der Waals surface area (Å²) in [6, 6.07) is 7.50. The van der Waals surface area contributed by atoms with Gasteiger partial charge in [0.15, 0.2) is 0 Å². The molecule has 1 aromatic rings. The Balaban J connectivity index is 2.17. The molecule has 1 saturated heterocycles. The first-order chi connectivity index (χ1) is 8.33. The molecule has 1 aliphatic rings. The summed E-state index contributed by atoms with van der Waals surface area (Å²) in [6.07, 6.45) is 3.46. The van der Waals surface area contributed by atoms with Crippen LogP contribution in [0.3, 0.4) is 0 Å². The van der Waals surface area contributed by atoms with Crippen LogP contribution < -0.4 is 4.74 Å². The molecule has 3 nitrogen and oxygen atoms in total. The predicted octanol–water partition coefficient (Wildman–Crippen LogP) is 2.71. The van der Waals surface area contributed by atoms with Gasteiger partial charge in [-0.15, -0.1) is 0 Å². The van der Waals surface area contributed by atoms with Crippen molar-refractivity contribution in [3.8, 4) is 5.75 Å². The van der Waals surface area contributed by atoms with E-state index in [0.717, 1.165) is 25.9 Å². The fourth-order valence-corrected chi connectivity index (χ4v) is 2.19. The van der Waals surface area contributed by atoms with Gasteiger partial charge in [0, 0.05) is 13.1 Å². The van der Waals surface area contributed by atoms with Gasteiger partial charge in [0.2, 0.25) is 0 Å². The Morgan fingerprint density at radius 2 is 1.94 bits per heavy atom. The van der Waals surface area contributed by atoms with Gasteiger partial charge in [0.1, 0.15) is 5.75 Å². The van der Waals surface area contributed by atoms with Gasteiger partial charge in [0.05, 0.1) is 12.2 Å². The zero-order valence-corrected chi connectivity index (χ0v) is 10.3. The van der Waals surface area contributed by atoms with E-state index in [0.29, 0.717) is 17.9 Å². The molecule has 0 aliphatic carbocycles. The van der Waals surface area contributed by atoms with E-state index in [4.69, 9.17) is 4.74 Å². The lowest BCUT2D eigenvalue weighted by Gasteiger charge is -2.27. The largest absolute Gasteiger partial charge is 0.493 e. The lowest BCUT2D eigenvalue weighted by Crippen LogP contribution is -2.35. The number of piperidine rings is 1. The molecule has 92 valence electrons. The highest BCUT2D eigenvalue weighted by atomic mass is 16.5. The third kappa shape index (κ3) is 2.78. The van der Waals surface area contributed by atoms with E-state index in [-0.39, 0.29) is 5.91 Å². The van der Waals surface area contributed by atoms with Gasteiger partial charge in [-0.25, -0.2) is 0 Å².